The quantitative estimate of drug-likeness (QED) is 0.545. The summed E-state index contributed by atoms with van der Waals surface area (Å²) in [5.74, 6) is 1.18. The lowest BCUT2D eigenvalue weighted by Gasteiger charge is -2.43. The van der Waals surface area contributed by atoms with E-state index >= 15 is 0 Å². The molecule has 35 heavy (non-hydrogen) atoms. The number of piperidine rings is 1. The maximum Gasteiger partial charge on any atom is 0.260 e. The van der Waals surface area contributed by atoms with E-state index in [4.69, 9.17) is 25.8 Å². The second-order valence-electron chi connectivity index (χ2n) is 9.27. The third-order valence-electron chi connectivity index (χ3n) is 6.52. The minimum absolute atomic E-state index is 0.0374. The molecule has 1 atom stereocenters. The first-order chi connectivity index (χ1) is 16.9. The Hall–Kier alpha value is -2.77. The van der Waals surface area contributed by atoms with E-state index in [1.165, 1.54) is 0 Å². The van der Waals surface area contributed by atoms with E-state index in [9.17, 15) is 9.59 Å². The van der Waals surface area contributed by atoms with Crippen LogP contribution in [0.15, 0.2) is 48.5 Å². The van der Waals surface area contributed by atoms with Gasteiger partial charge >= 0.3 is 0 Å². The van der Waals surface area contributed by atoms with Crippen molar-refractivity contribution in [3.8, 4) is 11.5 Å². The molecular formula is C27H33ClN2O5. The van der Waals surface area contributed by atoms with Gasteiger partial charge in [0.15, 0.2) is 6.61 Å². The van der Waals surface area contributed by atoms with E-state index in [0.29, 0.717) is 29.7 Å². The molecule has 2 saturated heterocycles. The summed E-state index contributed by atoms with van der Waals surface area (Å²) >= 11 is 6.15. The van der Waals surface area contributed by atoms with Gasteiger partial charge in [0.2, 0.25) is 5.91 Å². The Morgan fingerprint density at radius 1 is 0.943 bits per heavy atom. The second kappa shape index (κ2) is 11.8. The number of morpholine rings is 1. The lowest BCUT2D eigenvalue weighted by molar-refractivity contribution is -0.167. The van der Waals surface area contributed by atoms with E-state index in [-0.39, 0.29) is 38.0 Å². The number of benzene rings is 2. The van der Waals surface area contributed by atoms with Gasteiger partial charge in [-0.05, 0) is 62.1 Å². The topological polar surface area (TPSA) is 68.3 Å². The predicted molar refractivity (Wildman–Crippen MR) is 134 cm³/mol. The van der Waals surface area contributed by atoms with Crippen LogP contribution in [0.5, 0.6) is 11.5 Å². The predicted octanol–water partition coefficient (Wildman–Crippen LogP) is 4.11. The largest absolute Gasteiger partial charge is 0.490 e. The van der Waals surface area contributed by atoms with Crippen LogP contribution in [-0.4, -0.2) is 73.2 Å². The molecule has 1 unspecified atom stereocenters. The zero-order valence-corrected chi connectivity index (χ0v) is 21.0. The molecule has 4 rings (SSSR count). The number of para-hydroxylation sites is 1. The number of ether oxygens (including phenoxy) is 3. The Morgan fingerprint density at radius 2 is 1.71 bits per heavy atom. The molecule has 2 amide bonds. The summed E-state index contributed by atoms with van der Waals surface area (Å²) in [6, 6.07) is 14.7. The number of hydrogen-bond acceptors (Lipinski definition) is 5. The van der Waals surface area contributed by atoms with Crippen LogP contribution in [0.3, 0.4) is 0 Å². The van der Waals surface area contributed by atoms with Gasteiger partial charge in [0.1, 0.15) is 23.7 Å². The molecule has 0 radical (unpaired) electrons. The maximum atomic E-state index is 13.2. The van der Waals surface area contributed by atoms with Crippen LogP contribution >= 0.6 is 11.6 Å². The first kappa shape index (κ1) is 25.3. The number of nitrogens with zero attached hydrogens (tertiary/aromatic N) is 2. The number of carbonyl (C=O) groups is 2. The first-order valence-corrected chi connectivity index (χ1v) is 12.6. The molecule has 0 aromatic heterocycles. The average Bonchev–Trinajstić information content (AvgIpc) is 2.89. The minimum atomic E-state index is -0.942. The summed E-state index contributed by atoms with van der Waals surface area (Å²) < 4.78 is 18.0. The van der Waals surface area contributed by atoms with Crippen molar-refractivity contribution in [3.63, 3.8) is 0 Å². The van der Waals surface area contributed by atoms with Crippen molar-refractivity contribution in [3.05, 3.63) is 59.1 Å². The first-order valence-electron chi connectivity index (χ1n) is 12.2. The average molecular weight is 501 g/mol. The molecule has 0 aliphatic carbocycles. The third-order valence-corrected chi connectivity index (χ3v) is 6.94. The Bertz CT molecular complexity index is 1010. The van der Waals surface area contributed by atoms with Gasteiger partial charge in [0.25, 0.3) is 5.91 Å². The van der Waals surface area contributed by atoms with E-state index in [2.05, 4.69) is 0 Å². The molecule has 188 valence electrons. The summed E-state index contributed by atoms with van der Waals surface area (Å²) in [5, 5.41) is 0.663. The van der Waals surface area contributed by atoms with Crippen molar-refractivity contribution in [2.75, 3.05) is 46.0 Å². The minimum Gasteiger partial charge on any atom is -0.490 e. The zero-order valence-electron chi connectivity index (χ0n) is 20.2. The van der Waals surface area contributed by atoms with Crippen LogP contribution < -0.4 is 9.47 Å². The van der Waals surface area contributed by atoms with Gasteiger partial charge in [0.05, 0.1) is 19.6 Å². The molecule has 0 bridgehead atoms. The highest BCUT2D eigenvalue weighted by Crippen LogP contribution is 2.28. The zero-order chi connectivity index (χ0) is 24.7. The fourth-order valence-electron chi connectivity index (χ4n) is 4.51. The molecule has 8 heteroatoms. The number of hydrogen-bond donors (Lipinski definition) is 0. The number of halogens is 1. The fraction of sp³-hybridized carbons (Fsp3) is 0.481. The van der Waals surface area contributed by atoms with Crippen molar-refractivity contribution < 1.29 is 23.8 Å². The molecule has 0 saturated carbocycles. The molecule has 2 aromatic carbocycles. The highest BCUT2D eigenvalue weighted by Gasteiger charge is 2.42. The standard InChI is InChI=1S/C27H33ClN2O5/c1-21-16-23(10-11-24(21)28)34-20-27(17-25(31)29-12-6-3-7-13-29)19-30(14-15-35-27)26(32)18-33-22-8-4-2-5-9-22/h2,4-5,8-11,16H,3,6-7,12-15,17-20H2,1H3. The molecule has 0 spiro atoms. The van der Waals surface area contributed by atoms with Gasteiger partial charge < -0.3 is 24.0 Å². The summed E-state index contributed by atoms with van der Waals surface area (Å²) in [4.78, 5) is 29.8. The van der Waals surface area contributed by atoms with Gasteiger partial charge in [-0.3, -0.25) is 9.59 Å². The second-order valence-corrected chi connectivity index (χ2v) is 9.67. The molecule has 2 aromatic rings. The molecule has 2 heterocycles. The van der Waals surface area contributed by atoms with E-state index in [1.807, 2.05) is 48.2 Å². The highest BCUT2D eigenvalue weighted by molar-refractivity contribution is 6.31. The normalized spacial score (nSPS) is 20.4. The van der Waals surface area contributed by atoms with E-state index in [0.717, 1.165) is 37.9 Å². The summed E-state index contributed by atoms with van der Waals surface area (Å²) in [6.45, 7) is 4.54. The lowest BCUT2D eigenvalue weighted by Crippen LogP contribution is -2.59. The Kier molecular flexibility index (Phi) is 8.52. The van der Waals surface area contributed by atoms with E-state index in [1.54, 1.807) is 17.0 Å². The van der Waals surface area contributed by atoms with Gasteiger partial charge in [-0.25, -0.2) is 0 Å². The van der Waals surface area contributed by atoms with Crippen molar-refractivity contribution in [1.29, 1.82) is 0 Å². The molecule has 0 N–H and O–H groups in total. The van der Waals surface area contributed by atoms with Gasteiger partial charge in [-0.15, -0.1) is 0 Å². The smallest absolute Gasteiger partial charge is 0.260 e. The number of aryl methyl sites for hydroxylation is 1. The molecule has 2 aliphatic rings. The van der Waals surface area contributed by atoms with Crippen molar-refractivity contribution >= 4 is 23.4 Å². The Morgan fingerprint density at radius 3 is 2.46 bits per heavy atom. The Labute approximate surface area is 211 Å². The van der Waals surface area contributed by atoms with Crippen LogP contribution in [0.25, 0.3) is 0 Å². The maximum absolute atomic E-state index is 13.2. The highest BCUT2D eigenvalue weighted by atomic mass is 35.5. The SMILES string of the molecule is Cc1cc(OCC2(CC(=O)N3CCCCC3)CN(C(=O)COc3ccccc3)CCO2)ccc1Cl. The van der Waals surface area contributed by atoms with Crippen LogP contribution in [0.4, 0.5) is 0 Å². The molecule has 7 nitrogen and oxygen atoms in total. The monoisotopic (exact) mass is 500 g/mol. The van der Waals surface area contributed by atoms with Gasteiger partial charge in [-0.1, -0.05) is 29.8 Å². The van der Waals surface area contributed by atoms with Crippen molar-refractivity contribution in [2.45, 2.75) is 38.2 Å². The van der Waals surface area contributed by atoms with Crippen LogP contribution in [0.2, 0.25) is 5.02 Å². The number of carbonyl (C=O) groups excluding carboxylic acids is 2. The molecular weight excluding hydrogens is 468 g/mol. The van der Waals surface area contributed by atoms with Gasteiger partial charge in [-0.2, -0.15) is 0 Å². The van der Waals surface area contributed by atoms with Gasteiger partial charge in [0, 0.05) is 24.7 Å². The molecule has 2 aliphatic heterocycles. The van der Waals surface area contributed by atoms with Crippen LogP contribution in [0.1, 0.15) is 31.2 Å². The summed E-state index contributed by atoms with van der Waals surface area (Å²) in [6.07, 6.45) is 3.33. The Balaban J connectivity index is 1.46. The van der Waals surface area contributed by atoms with Crippen molar-refractivity contribution in [2.24, 2.45) is 0 Å². The van der Waals surface area contributed by atoms with Crippen LogP contribution in [0, 0.1) is 6.92 Å². The van der Waals surface area contributed by atoms with Crippen molar-refractivity contribution in [1.82, 2.24) is 9.80 Å². The molecule has 2 fully saturated rings. The number of amides is 2. The fourth-order valence-corrected chi connectivity index (χ4v) is 4.63. The number of likely N-dealkylation sites (tertiary alicyclic amines) is 1. The van der Waals surface area contributed by atoms with E-state index < -0.39 is 5.60 Å². The lowest BCUT2D eigenvalue weighted by atomic mass is 9.96. The third kappa shape index (κ3) is 6.89. The summed E-state index contributed by atoms with van der Waals surface area (Å²) in [5.41, 5.74) is -0.0371. The number of rotatable bonds is 8. The van der Waals surface area contributed by atoms with Crippen LogP contribution in [-0.2, 0) is 14.3 Å². The summed E-state index contributed by atoms with van der Waals surface area (Å²) in [7, 11) is 0.